The van der Waals surface area contributed by atoms with Gasteiger partial charge in [0.25, 0.3) is 0 Å². The Morgan fingerprint density at radius 2 is 1.67 bits per heavy atom. The molecule has 5 aliphatic rings. The summed E-state index contributed by atoms with van der Waals surface area (Å²) in [4.78, 5) is 12.8. The third kappa shape index (κ3) is 2.91. The summed E-state index contributed by atoms with van der Waals surface area (Å²) in [6.45, 7) is 12.6. The maximum atomic E-state index is 12.8. The highest BCUT2D eigenvalue weighted by atomic mass is 16.4. The Balaban J connectivity index is 1.65. The Morgan fingerprint density at radius 3 is 2.28 bits per heavy atom. The van der Waals surface area contributed by atoms with E-state index in [0.717, 1.165) is 37.7 Å². The van der Waals surface area contributed by atoms with Gasteiger partial charge in [-0.05, 0) is 92.3 Å². The molecule has 6 heteroatoms. The third-order valence-electron chi connectivity index (χ3n) is 13.6. The molecule has 5 aliphatic carbocycles. The molecule has 0 spiro atoms. The number of rotatable bonds is 2. The molecule has 0 saturated heterocycles. The zero-order valence-corrected chi connectivity index (χ0v) is 23.0. The highest BCUT2D eigenvalue weighted by Crippen LogP contribution is 2.76. The van der Waals surface area contributed by atoms with Crippen molar-refractivity contribution < 1.29 is 30.3 Å². The first-order chi connectivity index (χ1) is 16.6. The standard InChI is InChI=1S/C30H48O6/c1-17-9-12-30(24(34)35)14-13-27(4)18(22(30)29(17,6)36)7-8-21-25(2)15-19(32)23(33)26(3,16-31)20(25)10-11-28(21,27)5/h7,17,19-23,31-33,36H,8-16H2,1-6H3,(H,34,35)/t17-,19-,20-,21+,22-,23-,25+,26+,27-,28+,29+,30+/m1/s1. The van der Waals surface area contributed by atoms with Crippen molar-refractivity contribution in [2.45, 2.75) is 111 Å². The fourth-order valence-corrected chi connectivity index (χ4v) is 11.0. The second kappa shape index (κ2) is 7.80. The number of aliphatic carboxylic acids is 1. The third-order valence-corrected chi connectivity index (χ3v) is 13.6. The lowest BCUT2D eigenvalue weighted by molar-refractivity contribution is -0.247. The van der Waals surface area contributed by atoms with Gasteiger partial charge in [0, 0.05) is 11.3 Å². The molecule has 0 aromatic rings. The lowest BCUT2D eigenvalue weighted by atomic mass is 9.33. The van der Waals surface area contributed by atoms with Crippen LogP contribution in [0.4, 0.5) is 0 Å². The van der Waals surface area contributed by atoms with E-state index in [-0.39, 0.29) is 40.6 Å². The molecular formula is C30H48O6. The van der Waals surface area contributed by atoms with Crippen LogP contribution in [0, 0.1) is 50.7 Å². The Kier molecular flexibility index (Phi) is 5.77. The van der Waals surface area contributed by atoms with Gasteiger partial charge in [0.15, 0.2) is 0 Å². The molecule has 4 fully saturated rings. The van der Waals surface area contributed by atoms with Gasteiger partial charge in [0.05, 0.1) is 29.8 Å². The number of carboxylic acid groups (broad SMARTS) is 1. The van der Waals surface area contributed by atoms with E-state index in [1.165, 1.54) is 0 Å². The molecule has 0 unspecified atom stereocenters. The molecule has 5 rings (SSSR count). The van der Waals surface area contributed by atoms with Gasteiger partial charge in [0.2, 0.25) is 0 Å². The number of aliphatic hydroxyl groups is 4. The highest BCUT2D eigenvalue weighted by Gasteiger charge is 2.72. The van der Waals surface area contributed by atoms with E-state index < -0.39 is 40.5 Å². The number of fused-ring (bicyclic) bond motifs is 7. The average Bonchev–Trinajstić information content (AvgIpc) is 2.80. The molecule has 4 saturated carbocycles. The smallest absolute Gasteiger partial charge is 0.310 e. The van der Waals surface area contributed by atoms with Crippen LogP contribution in [0.25, 0.3) is 0 Å². The van der Waals surface area contributed by atoms with Crippen molar-refractivity contribution in [2.24, 2.45) is 50.7 Å². The molecule has 0 aromatic heterocycles. The van der Waals surface area contributed by atoms with Crippen LogP contribution in [0.5, 0.6) is 0 Å². The molecule has 36 heavy (non-hydrogen) atoms. The summed E-state index contributed by atoms with van der Waals surface area (Å²) < 4.78 is 0. The SMILES string of the molecule is C[C@@H]1CC[C@]2(C(=O)O)CC[C@]3(C)C(=CC[C@H]4[C@@]5(C)C[C@@H](O)[C@@H](O)[C@@](C)(CO)[C@@H]5CC[C@@]43C)[C@@H]2[C@@]1(C)O. The summed E-state index contributed by atoms with van der Waals surface area (Å²) in [6, 6.07) is 0. The zero-order valence-electron chi connectivity index (χ0n) is 23.0. The van der Waals surface area contributed by atoms with E-state index in [1.54, 1.807) is 0 Å². The average molecular weight is 505 g/mol. The zero-order chi connectivity index (χ0) is 26.7. The van der Waals surface area contributed by atoms with Gasteiger partial charge in [-0.3, -0.25) is 4.79 Å². The first-order valence-electron chi connectivity index (χ1n) is 14.2. The Labute approximate surface area is 216 Å². The minimum atomic E-state index is -1.09. The summed E-state index contributed by atoms with van der Waals surface area (Å²) in [5.41, 5.74) is -2.28. The van der Waals surface area contributed by atoms with Gasteiger partial charge in [-0.1, -0.05) is 46.3 Å². The summed E-state index contributed by atoms with van der Waals surface area (Å²) in [7, 11) is 0. The van der Waals surface area contributed by atoms with Crippen LogP contribution in [0.15, 0.2) is 11.6 Å². The van der Waals surface area contributed by atoms with Gasteiger partial charge in [0.1, 0.15) is 0 Å². The maximum absolute atomic E-state index is 12.8. The second-order valence-corrected chi connectivity index (χ2v) is 14.7. The van der Waals surface area contributed by atoms with E-state index >= 15 is 0 Å². The highest BCUT2D eigenvalue weighted by molar-refractivity contribution is 5.77. The van der Waals surface area contributed by atoms with Crippen molar-refractivity contribution in [1.29, 1.82) is 0 Å². The van der Waals surface area contributed by atoms with Crippen LogP contribution in [-0.4, -0.2) is 55.9 Å². The van der Waals surface area contributed by atoms with Gasteiger partial charge in [-0.15, -0.1) is 0 Å². The van der Waals surface area contributed by atoms with E-state index in [9.17, 15) is 30.3 Å². The minimum absolute atomic E-state index is 0.0252. The molecule has 0 heterocycles. The molecule has 0 radical (unpaired) electrons. The normalized spacial score (nSPS) is 58.6. The molecule has 0 amide bonds. The number of hydrogen-bond donors (Lipinski definition) is 5. The summed E-state index contributed by atoms with van der Waals surface area (Å²) >= 11 is 0. The van der Waals surface area contributed by atoms with E-state index in [1.807, 2.05) is 13.8 Å². The summed E-state index contributed by atoms with van der Waals surface area (Å²) in [5.74, 6) is -0.834. The number of hydrogen-bond acceptors (Lipinski definition) is 5. The second-order valence-electron chi connectivity index (χ2n) is 14.7. The molecule has 0 aromatic carbocycles. The van der Waals surface area contributed by atoms with Crippen molar-refractivity contribution in [1.82, 2.24) is 0 Å². The lowest BCUT2D eigenvalue weighted by Crippen LogP contribution is -2.69. The fourth-order valence-electron chi connectivity index (χ4n) is 11.0. The van der Waals surface area contributed by atoms with Crippen LogP contribution in [0.2, 0.25) is 0 Å². The molecule has 5 N–H and O–H groups in total. The van der Waals surface area contributed by atoms with Gasteiger partial charge < -0.3 is 25.5 Å². The van der Waals surface area contributed by atoms with Crippen molar-refractivity contribution in [3.8, 4) is 0 Å². The molecule has 0 bridgehead atoms. The number of aliphatic hydroxyl groups excluding tert-OH is 3. The van der Waals surface area contributed by atoms with E-state index in [2.05, 4.69) is 33.8 Å². The van der Waals surface area contributed by atoms with Gasteiger partial charge >= 0.3 is 5.97 Å². The fraction of sp³-hybridized carbons (Fsp3) is 0.900. The quantitative estimate of drug-likeness (QED) is 0.361. The van der Waals surface area contributed by atoms with Crippen LogP contribution in [0.3, 0.4) is 0 Å². The molecule has 204 valence electrons. The topological polar surface area (TPSA) is 118 Å². The van der Waals surface area contributed by atoms with Crippen LogP contribution in [-0.2, 0) is 4.79 Å². The molecule has 12 atom stereocenters. The number of carbonyl (C=O) groups is 1. The summed E-state index contributed by atoms with van der Waals surface area (Å²) in [5, 5.41) is 54.8. The van der Waals surface area contributed by atoms with Crippen molar-refractivity contribution >= 4 is 5.97 Å². The first kappa shape index (κ1) is 26.6. The lowest BCUT2D eigenvalue weighted by Gasteiger charge is -2.72. The van der Waals surface area contributed by atoms with Crippen LogP contribution >= 0.6 is 0 Å². The maximum Gasteiger partial charge on any atom is 0.310 e. The molecule has 6 nitrogen and oxygen atoms in total. The molecular weight excluding hydrogens is 456 g/mol. The number of carboxylic acids is 1. The largest absolute Gasteiger partial charge is 0.481 e. The van der Waals surface area contributed by atoms with Gasteiger partial charge in [-0.25, -0.2) is 0 Å². The predicted octanol–water partition coefficient (Wildman–Crippen LogP) is 4.15. The Bertz CT molecular complexity index is 974. The number of allylic oxidation sites excluding steroid dienone is 1. The van der Waals surface area contributed by atoms with E-state index in [4.69, 9.17) is 0 Å². The Hall–Kier alpha value is -0.950. The first-order valence-corrected chi connectivity index (χ1v) is 14.2. The summed E-state index contributed by atoms with van der Waals surface area (Å²) in [6.07, 6.45) is 6.20. The molecule has 0 aliphatic heterocycles. The minimum Gasteiger partial charge on any atom is -0.481 e. The van der Waals surface area contributed by atoms with Crippen molar-refractivity contribution in [3.63, 3.8) is 0 Å². The van der Waals surface area contributed by atoms with Crippen molar-refractivity contribution in [2.75, 3.05) is 6.61 Å². The monoisotopic (exact) mass is 504 g/mol. The van der Waals surface area contributed by atoms with Crippen molar-refractivity contribution in [3.05, 3.63) is 11.6 Å². The van der Waals surface area contributed by atoms with Gasteiger partial charge in [-0.2, -0.15) is 0 Å². The van der Waals surface area contributed by atoms with Crippen LogP contribution in [0.1, 0.15) is 92.9 Å². The Morgan fingerprint density at radius 1 is 1.00 bits per heavy atom. The van der Waals surface area contributed by atoms with E-state index in [0.29, 0.717) is 19.3 Å². The predicted molar refractivity (Wildman–Crippen MR) is 137 cm³/mol. The van der Waals surface area contributed by atoms with Crippen LogP contribution < -0.4 is 0 Å².